The van der Waals surface area contributed by atoms with Crippen LogP contribution in [0.5, 0.6) is 0 Å². The second-order valence-electron chi connectivity index (χ2n) is 7.33. The average molecular weight is 462 g/mol. The topological polar surface area (TPSA) is 57.6 Å². The van der Waals surface area contributed by atoms with Gasteiger partial charge in [-0.15, -0.1) is 0 Å². The van der Waals surface area contributed by atoms with Gasteiger partial charge in [-0.3, -0.25) is 9.59 Å². The molecule has 30 heavy (non-hydrogen) atoms. The number of aliphatic hydroxyl groups is 1. The molecule has 4 nitrogen and oxygen atoms in total. The number of ketones is 1. The molecule has 0 aliphatic carbocycles. The van der Waals surface area contributed by atoms with Gasteiger partial charge in [0.1, 0.15) is 5.76 Å². The number of amides is 1. The van der Waals surface area contributed by atoms with Crippen molar-refractivity contribution in [3.05, 3.63) is 111 Å². The predicted octanol–water partition coefficient (Wildman–Crippen LogP) is 5.38. The molecule has 0 spiro atoms. The van der Waals surface area contributed by atoms with E-state index >= 15 is 0 Å². The fourth-order valence-corrected chi connectivity index (χ4v) is 3.95. The summed E-state index contributed by atoms with van der Waals surface area (Å²) in [5, 5.41) is 11.0. The zero-order chi connectivity index (χ0) is 21.3. The van der Waals surface area contributed by atoms with E-state index in [1.807, 2.05) is 73.7 Å². The summed E-state index contributed by atoms with van der Waals surface area (Å²) in [5.41, 5.74) is 3.35. The molecule has 0 aromatic heterocycles. The first kappa shape index (κ1) is 20.1. The number of halogens is 1. The van der Waals surface area contributed by atoms with Gasteiger partial charge in [-0.1, -0.05) is 88.2 Å². The summed E-state index contributed by atoms with van der Waals surface area (Å²) < 4.78 is 0.893. The lowest BCUT2D eigenvalue weighted by Crippen LogP contribution is -2.29. The van der Waals surface area contributed by atoms with Crippen molar-refractivity contribution in [1.29, 1.82) is 0 Å². The van der Waals surface area contributed by atoms with Crippen molar-refractivity contribution in [2.24, 2.45) is 0 Å². The summed E-state index contributed by atoms with van der Waals surface area (Å²) in [4.78, 5) is 27.5. The maximum atomic E-state index is 13.0. The number of carbonyl (C=O) groups is 2. The Morgan fingerprint density at radius 3 is 2.20 bits per heavy atom. The monoisotopic (exact) mass is 461 g/mol. The SMILES string of the molecule is Cc1ccc(C(O)=C2C(=O)C(=O)N(Cc3ccccc3)[C@H]2c2ccc(Br)cc2)cc1. The molecule has 0 unspecified atom stereocenters. The molecule has 5 heteroatoms. The lowest BCUT2D eigenvalue weighted by Gasteiger charge is -2.25. The van der Waals surface area contributed by atoms with Gasteiger partial charge >= 0.3 is 0 Å². The van der Waals surface area contributed by atoms with Crippen LogP contribution in [0.4, 0.5) is 0 Å². The number of aliphatic hydroxyl groups excluding tert-OH is 1. The quantitative estimate of drug-likeness (QED) is 0.322. The van der Waals surface area contributed by atoms with Gasteiger partial charge in [0.2, 0.25) is 0 Å². The summed E-state index contributed by atoms with van der Waals surface area (Å²) in [6.45, 7) is 2.22. The van der Waals surface area contributed by atoms with Gasteiger partial charge in [0.25, 0.3) is 11.7 Å². The Hall–Kier alpha value is -3.18. The minimum atomic E-state index is -0.670. The first-order valence-corrected chi connectivity index (χ1v) is 10.4. The van der Waals surface area contributed by atoms with E-state index in [9.17, 15) is 14.7 Å². The van der Waals surface area contributed by atoms with Gasteiger partial charge in [-0.2, -0.15) is 0 Å². The molecule has 0 saturated carbocycles. The normalized spacial score (nSPS) is 18.1. The zero-order valence-corrected chi connectivity index (χ0v) is 18.0. The summed E-state index contributed by atoms with van der Waals surface area (Å²) in [6, 6.07) is 23.6. The maximum Gasteiger partial charge on any atom is 0.295 e. The number of benzene rings is 3. The standard InChI is InChI=1S/C25H20BrNO3/c1-16-7-9-19(10-8-16)23(28)21-22(18-11-13-20(26)14-12-18)27(25(30)24(21)29)15-17-5-3-2-4-6-17/h2-14,22,28H,15H2,1H3/t22-/m0/s1. The summed E-state index contributed by atoms with van der Waals surface area (Å²) in [7, 11) is 0. The molecule has 150 valence electrons. The number of nitrogens with zero attached hydrogens (tertiary/aromatic N) is 1. The molecule has 0 bridgehead atoms. The molecule has 3 aromatic rings. The van der Waals surface area contributed by atoms with E-state index in [1.54, 1.807) is 12.1 Å². The first-order valence-electron chi connectivity index (χ1n) is 9.60. The lowest BCUT2D eigenvalue weighted by atomic mass is 9.95. The molecule has 1 saturated heterocycles. The number of hydrogen-bond donors (Lipinski definition) is 1. The van der Waals surface area contributed by atoms with Crippen molar-refractivity contribution < 1.29 is 14.7 Å². The summed E-state index contributed by atoms with van der Waals surface area (Å²) in [5.74, 6) is -1.44. The molecule has 1 heterocycles. The minimum absolute atomic E-state index is 0.113. The van der Waals surface area contributed by atoms with Crippen LogP contribution in [0.25, 0.3) is 5.76 Å². The van der Waals surface area contributed by atoms with Crippen molar-refractivity contribution in [1.82, 2.24) is 4.90 Å². The number of likely N-dealkylation sites (tertiary alicyclic amines) is 1. The Morgan fingerprint density at radius 2 is 1.57 bits per heavy atom. The lowest BCUT2D eigenvalue weighted by molar-refractivity contribution is -0.140. The molecular weight excluding hydrogens is 442 g/mol. The third-order valence-corrected chi connectivity index (χ3v) is 5.78. The second kappa shape index (κ2) is 8.28. The maximum absolute atomic E-state index is 13.0. The Morgan fingerprint density at radius 1 is 0.933 bits per heavy atom. The third-order valence-electron chi connectivity index (χ3n) is 5.25. The molecule has 4 rings (SSSR count). The highest BCUT2D eigenvalue weighted by atomic mass is 79.9. The van der Waals surface area contributed by atoms with Crippen molar-refractivity contribution in [2.75, 3.05) is 0 Å². The molecule has 1 N–H and O–H groups in total. The van der Waals surface area contributed by atoms with Crippen LogP contribution in [-0.2, 0) is 16.1 Å². The molecule has 3 aromatic carbocycles. The van der Waals surface area contributed by atoms with Crippen LogP contribution in [0, 0.1) is 6.92 Å². The largest absolute Gasteiger partial charge is 0.507 e. The Kier molecular flexibility index (Phi) is 5.55. The fourth-order valence-electron chi connectivity index (χ4n) is 3.68. The second-order valence-corrected chi connectivity index (χ2v) is 8.25. The molecule has 1 aliphatic heterocycles. The highest BCUT2D eigenvalue weighted by Crippen LogP contribution is 2.40. The highest BCUT2D eigenvalue weighted by molar-refractivity contribution is 9.10. The number of aryl methyl sites for hydroxylation is 1. The number of carbonyl (C=O) groups excluding carboxylic acids is 2. The molecule has 1 amide bonds. The van der Waals surface area contributed by atoms with Crippen LogP contribution in [0.2, 0.25) is 0 Å². The minimum Gasteiger partial charge on any atom is -0.507 e. The van der Waals surface area contributed by atoms with Crippen LogP contribution >= 0.6 is 15.9 Å². The number of Topliss-reactive ketones (excluding diaryl/α,β-unsaturated/α-hetero) is 1. The summed E-state index contributed by atoms with van der Waals surface area (Å²) in [6.07, 6.45) is 0. The van der Waals surface area contributed by atoms with Gasteiger partial charge in [0.15, 0.2) is 0 Å². The van der Waals surface area contributed by atoms with Crippen LogP contribution in [0.3, 0.4) is 0 Å². The van der Waals surface area contributed by atoms with Crippen molar-refractivity contribution in [3.8, 4) is 0 Å². The van der Waals surface area contributed by atoms with E-state index < -0.39 is 17.7 Å². The van der Waals surface area contributed by atoms with Crippen LogP contribution in [-0.4, -0.2) is 21.7 Å². The Labute approximate surface area is 183 Å². The number of hydrogen-bond acceptors (Lipinski definition) is 3. The van der Waals surface area contributed by atoms with Crippen LogP contribution < -0.4 is 0 Å². The van der Waals surface area contributed by atoms with Gasteiger partial charge < -0.3 is 10.0 Å². The molecular formula is C25H20BrNO3. The number of rotatable bonds is 4. The van der Waals surface area contributed by atoms with Crippen molar-refractivity contribution in [3.63, 3.8) is 0 Å². The Bertz CT molecular complexity index is 1120. The first-order chi connectivity index (χ1) is 14.5. The van der Waals surface area contributed by atoms with Crippen LogP contribution in [0.1, 0.15) is 28.3 Å². The van der Waals surface area contributed by atoms with E-state index in [4.69, 9.17) is 0 Å². The van der Waals surface area contributed by atoms with Crippen molar-refractivity contribution >= 4 is 33.4 Å². The Balaban J connectivity index is 1.85. The van der Waals surface area contributed by atoms with E-state index in [1.165, 1.54) is 4.90 Å². The zero-order valence-electron chi connectivity index (χ0n) is 16.4. The van der Waals surface area contributed by atoms with E-state index in [2.05, 4.69) is 15.9 Å². The van der Waals surface area contributed by atoms with Gasteiger partial charge in [-0.25, -0.2) is 0 Å². The fraction of sp³-hybridized carbons (Fsp3) is 0.120. The van der Waals surface area contributed by atoms with E-state index in [0.717, 1.165) is 21.2 Å². The third kappa shape index (κ3) is 3.81. The van der Waals surface area contributed by atoms with E-state index in [-0.39, 0.29) is 17.9 Å². The molecule has 1 atom stereocenters. The predicted molar refractivity (Wildman–Crippen MR) is 120 cm³/mol. The van der Waals surface area contributed by atoms with Crippen molar-refractivity contribution in [2.45, 2.75) is 19.5 Å². The molecule has 0 radical (unpaired) electrons. The highest BCUT2D eigenvalue weighted by Gasteiger charge is 2.46. The molecule has 1 fully saturated rings. The average Bonchev–Trinajstić information content (AvgIpc) is 3.00. The van der Waals surface area contributed by atoms with E-state index in [0.29, 0.717) is 5.56 Å². The summed E-state index contributed by atoms with van der Waals surface area (Å²) >= 11 is 3.43. The van der Waals surface area contributed by atoms with Gasteiger partial charge in [0.05, 0.1) is 11.6 Å². The van der Waals surface area contributed by atoms with Crippen LogP contribution in [0.15, 0.2) is 88.9 Å². The van der Waals surface area contributed by atoms with Gasteiger partial charge in [-0.05, 0) is 30.2 Å². The van der Waals surface area contributed by atoms with Gasteiger partial charge in [0, 0.05) is 16.6 Å². The smallest absolute Gasteiger partial charge is 0.295 e. The molecule has 1 aliphatic rings.